The number of carbonyl (C=O) groups is 1. The molecule has 0 unspecified atom stereocenters. The van der Waals surface area contributed by atoms with Gasteiger partial charge in [0.25, 0.3) is 0 Å². The summed E-state index contributed by atoms with van der Waals surface area (Å²) in [6.07, 6.45) is 0. The average molecular weight is 396 g/mol. The van der Waals surface area contributed by atoms with Gasteiger partial charge < -0.3 is 15.1 Å². The Labute approximate surface area is 170 Å². The van der Waals surface area contributed by atoms with Crippen LogP contribution in [0.5, 0.6) is 0 Å². The highest BCUT2D eigenvalue weighted by atomic mass is 35.5. The fraction of sp³-hybridized carbons (Fsp3) is 0.286. The zero-order valence-electron chi connectivity index (χ0n) is 15.7. The molecule has 0 saturated carbocycles. The number of amides is 1. The molecule has 7 heteroatoms. The van der Waals surface area contributed by atoms with Crippen molar-refractivity contribution >= 4 is 23.5 Å². The molecule has 1 heterocycles. The molecule has 3 rings (SSSR count). The minimum atomic E-state index is 0.0654. The Hall–Kier alpha value is -3.04. The van der Waals surface area contributed by atoms with Gasteiger partial charge in [0.2, 0.25) is 5.91 Å². The summed E-state index contributed by atoms with van der Waals surface area (Å²) in [6.45, 7) is 2.74. The third-order valence-corrected chi connectivity index (χ3v) is 4.88. The van der Waals surface area contributed by atoms with E-state index < -0.39 is 0 Å². The second-order valence-electron chi connectivity index (χ2n) is 6.58. The molecule has 0 spiro atoms. The van der Waals surface area contributed by atoms with Gasteiger partial charge in [0, 0.05) is 38.2 Å². The molecule has 0 aromatic heterocycles. The van der Waals surface area contributed by atoms with Crippen molar-refractivity contribution < 1.29 is 4.79 Å². The third kappa shape index (κ3) is 5.02. The molecule has 2 aromatic carbocycles. The molecule has 0 atom stereocenters. The van der Waals surface area contributed by atoms with E-state index in [1.807, 2.05) is 52.3 Å². The largest absolute Gasteiger partial charge is 0.352 e. The van der Waals surface area contributed by atoms with E-state index in [4.69, 9.17) is 16.9 Å². The highest BCUT2D eigenvalue weighted by Gasteiger charge is 2.25. The molecule has 1 fully saturated rings. The lowest BCUT2D eigenvalue weighted by Gasteiger charge is -2.36. The maximum Gasteiger partial charge on any atom is 0.242 e. The van der Waals surface area contributed by atoms with Crippen LogP contribution in [0.15, 0.2) is 53.5 Å². The molecule has 0 aliphatic carbocycles. The zero-order valence-corrected chi connectivity index (χ0v) is 16.5. The number of benzene rings is 2. The molecular weight excluding hydrogens is 374 g/mol. The summed E-state index contributed by atoms with van der Waals surface area (Å²) in [5, 5.41) is 13.0. The van der Waals surface area contributed by atoms with E-state index in [1.165, 1.54) is 0 Å². The molecule has 1 aliphatic heterocycles. The SMILES string of the molecule is CN=C(NCc1cccc(C#N)c1)N1CCN(Cc2ccc(Cl)cc2)C(=O)C1. The summed E-state index contributed by atoms with van der Waals surface area (Å²) in [7, 11) is 1.71. The number of rotatable bonds is 4. The van der Waals surface area contributed by atoms with Gasteiger partial charge in [0.05, 0.1) is 18.2 Å². The van der Waals surface area contributed by atoms with Gasteiger partial charge in [-0.2, -0.15) is 5.26 Å². The Morgan fingerprint density at radius 1 is 1.21 bits per heavy atom. The molecule has 6 nitrogen and oxygen atoms in total. The lowest BCUT2D eigenvalue weighted by molar-refractivity contribution is -0.135. The Kier molecular flexibility index (Phi) is 6.51. The monoisotopic (exact) mass is 395 g/mol. The predicted octanol–water partition coefficient (Wildman–Crippen LogP) is 2.63. The third-order valence-electron chi connectivity index (χ3n) is 4.62. The van der Waals surface area contributed by atoms with Gasteiger partial charge in [-0.25, -0.2) is 0 Å². The smallest absolute Gasteiger partial charge is 0.242 e. The van der Waals surface area contributed by atoms with E-state index in [9.17, 15) is 4.79 Å². The van der Waals surface area contributed by atoms with E-state index >= 15 is 0 Å². The standard InChI is InChI=1S/C21H22ClN5O/c1-24-21(25-13-18-4-2-3-17(11-18)12-23)27-10-9-26(20(28)15-27)14-16-5-7-19(22)8-6-16/h2-8,11H,9-10,13-15H2,1H3,(H,24,25). The second kappa shape index (κ2) is 9.25. The molecule has 2 aromatic rings. The molecule has 0 radical (unpaired) electrons. The minimum absolute atomic E-state index is 0.0654. The van der Waals surface area contributed by atoms with Gasteiger partial charge in [0.15, 0.2) is 5.96 Å². The van der Waals surface area contributed by atoms with Crippen molar-refractivity contribution in [2.24, 2.45) is 4.99 Å². The maximum atomic E-state index is 12.6. The van der Waals surface area contributed by atoms with E-state index in [0.717, 1.165) is 11.1 Å². The van der Waals surface area contributed by atoms with Gasteiger partial charge in [-0.3, -0.25) is 9.79 Å². The Morgan fingerprint density at radius 2 is 2.00 bits per heavy atom. The average Bonchev–Trinajstić information content (AvgIpc) is 2.72. The minimum Gasteiger partial charge on any atom is -0.352 e. The van der Waals surface area contributed by atoms with Crippen LogP contribution in [0.1, 0.15) is 16.7 Å². The fourth-order valence-electron chi connectivity index (χ4n) is 3.13. The quantitative estimate of drug-likeness (QED) is 0.638. The first-order chi connectivity index (χ1) is 13.6. The topological polar surface area (TPSA) is 71.7 Å². The first kappa shape index (κ1) is 19.7. The molecular formula is C21H22ClN5O. The number of hydrogen-bond acceptors (Lipinski definition) is 3. The first-order valence-electron chi connectivity index (χ1n) is 9.06. The normalized spacial score (nSPS) is 14.8. The number of nitrogens with zero attached hydrogens (tertiary/aromatic N) is 4. The van der Waals surface area contributed by atoms with Crippen LogP contribution in [-0.2, 0) is 17.9 Å². The molecule has 1 amide bonds. The Bertz CT molecular complexity index is 904. The summed E-state index contributed by atoms with van der Waals surface area (Å²) in [4.78, 5) is 20.7. The highest BCUT2D eigenvalue weighted by Crippen LogP contribution is 2.14. The van der Waals surface area contributed by atoms with E-state index in [0.29, 0.717) is 42.7 Å². The van der Waals surface area contributed by atoms with Crippen LogP contribution in [-0.4, -0.2) is 48.3 Å². The number of nitrogens with one attached hydrogen (secondary N) is 1. The fourth-order valence-corrected chi connectivity index (χ4v) is 3.26. The van der Waals surface area contributed by atoms with Crippen LogP contribution < -0.4 is 5.32 Å². The van der Waals surface area contributed by atoms with Gasteiger partial charge in [-0.15, -0.1) is 0 Å². The van der Waals surface area contributed by atoms with Crippen molar-refractivity contribution in [3.8, 4) is 6.07 Å². The lowest BCUT2D eigenvalue weighted by atomic mass is 10.1. The van der Waals surface area contributed by atoms with Gasteiger partial charge in [0.1, 0.15) is 0 Å². The van der Waals surface area contributed by atoms with Crippen LogP contribution in [0.4, 0.5) is 0 Å². The summed E-state index contributed by atoms with van der Waals surface area (Å²) >= 11 is 5.92. The number of hydrogen-bond donors (Lipinski definition) is 1. The van der Waals surface area contributed by atoms with E-state index in [-0.39, 0.29) is 12.5 Å². The predicted molar refractivity (Wildman–Crippen MR) is 110 cm³/mol. The lowest BCUT2D eigenvalue weighted by Crippen LogP contribution is -2.54. The van der Waals surface area contributed by atoms with Crippen molar-refractivity contribution in [1.82, 2.24) is 15.1 Å². The maximum absolute atomic E-state index is 12.6. The molecule has 1 aliphatic rings. The van der Waals surface area contributed by atoms with Crippen molar-refractivity contribution in [3.63, 3.8) is 0 Å². The zero-order chi connectivity index (χ0) is 19.9. The first-order valence-corrected chi connectivity index (χ1v) is 9.43. The van der Waals surface area contributed by atoms with E-state index in [1.54, 1.807) is 13.1 Å². The van der Waals surface area contributed by atoms with Crippen LogP contribution in [0.2, 0.25) is 5.02 Å². The Balaban J connectivity index is 1.56. The van der Waals surface area contributed by atoms with Gasteiger partial charge in [-0.05, 0) is 35.4 Å². The summed E-state index contributed by atoms with van der Waals surface area (Å²) in [5.74, 6) is 0.748. The Morgan fingerprint density at radius 3 is 2.68 bits per heavy atom. The number of guanidine groups is 1. The van der Waals surface area contributed by atoms with Crippen LogP contribution in [0, 0.1) is 11.3 Å². The molecule has 0 bridgehead atoms. The van der Waals surface area contributed by atoms with Crippen molar-refractivity contribution in [2.75, 3.05) is 26.7 Å². The molecule has 28 heavy (non-hydrogen) atoms. The molecule has 1 N–H and O–H groups in total. The van der Waals surface area contributed by atoms with Crippen molar-refractivity contribution in [3.05, 3.63) is 70.2 Å². The van der Waals surface area contributed by atoms with Crippen molar-refractivity contribution in [1.29, 1.82) is 5.26 Å². The van der Waals surface area contributed by atoms with Gasteiger partial charge >= 0.3 is 0 Å². The van der Waals surface area contributed by atoms with Gasteiger partial charge in [-0.1, -0.05) is 35.9 Å². The number of halogens is 1. The number of piperazine rings is 1. The van der Waals surface area contributed by atoms with Crippen LogP contribution in [0.25, 0.3) is 0 Å². The summed E-state index contributed by atoms with van der Waals surface area (Å²) in [5.41, 5.74) is 2.68. The molecule has 144 valence electrons. The number of carbonyl (C=O) groups excluding carboxylic acids is 1. The van der Waals surface area contributed by atoms with Crippen molar-refractivity contribution in [2.45, 2.75) is 13.1 Å². The summed E-state index contributed by atoms with van der Waals surface area (Å²) < 4.78 is 0. The van der Waals surface area contributed by atoms with Crippen LogP contribution >= 0.6 is 11.6 Å². The number of aliphatic imine (C=N–C) groups is 1. The highest BCUT2D eigenvalue weighted by molar-refractivity contribution is 6.30. The van der Waals surface area contributed by atoms with Crippen LogP contribution in [0.3, 0.4) is 0 Å². The second-order valence-corrected chi connectivity index (χ2v) is 7.01. The summed E-state index contributed by atoms with van der Waals surface area (Å²) in [6, 6.07) is 17.1. The van der Waals surface area contributed by atoms with E-state index in [2.05, 4.69) is 16.4 Å². The molecule has 1 saturated heterocycles. The number of nitriles is 1.